The maximum absolute atomic E-state index is 12.6. The van der Waals surface area contributed by atoms with Crippen molar-refractivity contribution in [2.24, 2.45) is 5.92 Å². The Hall–Kier alpha value is -3.62. The van der Waals surface area contributed by atoms with Crippen molar-refractivity contribution < 1.29 is 24.0 Å². The molecular weight excluding hydrogens is 438 g/mol. The van der Waals surface area contributed by atoms with Gasteiger partial charge < -0.3 is 19.7 Å². The second kappa shape index (κ2) is 10.5. The Morgan fingerprint density at radius 1 is 1.15 bits per heavy atom. The highest BCUT2D eigenvalue weighted by molar-refractivity contribution is 5.78. The van der Waals surface area contributed by atoms with E-state index in [1.807, 2.05) is 31.2 Å². The van der Waals surface area contributed by atoms with Crippen LogP contribution >= 0.6 is 0 Å². The first kappa shape index (κ1) is 25.0. The fourth-order valence-corrected chi connectivity index (χ4v) is 3.54. The van der Waals surface area contributed by atoms with Gasteiger partial charge in [-0.05, 0) is 45.7 Å². The quantitative estimate of drug-likeness (QED) is 0.348. The maximum Gasteiger partial charge on any atom is 0.410 e. The van der Waals surface area contributed by atoms with Crippen molar-refractivity contribution in [3.8, 4) is 0 Å². The van der Waals surface area contributed by atoms with E-state index in [1.165, 1.54) is 11.0 Å². The smallest absolute Gasteiger partial charge is 0.410 e. The average Bonchev–Trinajstić information content (AvgIpc) is 2.71. The molecule has 1 atom stereocenters. The zero-order chi connectivity index (χ0) is 24.9. The second-order valence-corrected chi connectivity index (χ2v) is 9.52. The monoisotopic (exact) mass is 469 g/mol. The molecule has 1 unspecified atom stereocenters. The summed E-state index contributed by atoms with van der Waals surface area (Å²) in [6, 6.07) is 13.9. The highest BCUT2D eigenvalue weighted by Crippen LogP contribution is 2.25. The topological polar surface area (TPSA) is 111 Å². The number of nitro benzene ring substituents is 1. The number of aryl methyl sites for hydroxylation is 1. The van der Waals surface area contributed by atoms with Crippen LogP contribution in [0.1, 0.15) is 31.9 Å². The van der Waals surface area contributed by atoms with Crippen molar-refractivity contribution in [1.82, 2.24) is 4.90 Å². The summed E-state index contributed by atoms with van der Waals surface area (Å²) in [4.78, 5) is 37.1. The number of para-hydroxylation sites is 2. The Balaban J connectivity index is 1.62. The van der Waals surface area contributed by atoms with Crippen LogP contribution < -0.4 is 5.32 Å². The Labute approximate surface area is 199 Å². The number of rotatable bonds is 8. The molecule has 1 fully saturated rings. The predicted molar refractivity (Wildman–Crippen MR) is 128 cm³/mol. The summed E-state index contributed by atoms with van der Waals surface area (Å²) in [5.74, 6) is -0.823. The van der Waals surface area contributed by atoms with E-state index in [0.717, 1.165) is 11.1 Å². The van der Waals surface area contributed by atoms with Gasteiger partial charge in [-0.15, -0.1) is 0 Å². The summed E-state index contributed by atoms with van der Waals surface area (Å²) in [5.41, 5.74) is 1.85. The maximum atomic E-state index is 12.6. The summed E-state index contributed by atoms with van der Waals surface area (Å²) in [6.07, 6.45) is 0.0563. The van der Waals surface area contributed by atoms with Crippen LogP contribution in [-0.4, -0.2) is 53.2 Å². The minimum Gasteiger partial charge on any atom is -0.463 e. The van der Waals surface area contributed by atoms with Crippen molar-refractivity contribution in [3.63, 3.8) is 0 Å². The zero-order valence-electron chi connectivity index (χ0n) is 19.9. The number of anilines is 1. The van der Waals surface area contributed by atoms with Crippen molar-refractivity contribution in [2.75, 3.05) is 25.0 Å². The van der Waals surface area contributed by atoms with E-state index in [-0.39, 0.29) is 31.4 Å². The first-order chi connectivity index (χ1) is 16.0. The highest BCUT2D eigenvalue weighted by Gasteiger charge is 2.39. The third-order valence-corrected chi connectivity index (χ3v) is 5.36. The second-order valence-electron chi connectivity index (χ2n) is 9.52. The van der Waals surface area contributed by atoms with Crippen LogP contribution in [0.25, 0.3) is 0 Å². The molecule has 0 bridgehead atoms. The molecule has 0 aromatic heterocycles. The van der Waals surface area contributed by atoms with Crippen LogP contribution in [0.2, 0.25) is 0 Å². The van der Waals surface area contributed by atoms with E-state index in [9.17, 15) is 19.7 Å². The lowest BCUT2D eigenvalue weighted by atomic mass is 10.0. The first-order valence-electron chi connectivity index (χ1n) is 11.2. The summed E-state index contributed by atoms with van der Waals surface area (Å²) >= 11 is 0. The van der Waals surface area contributed by atoms with Crippen LogP contribution in [0, 0.1) is 23.0 Å². The molecule has 1 N–H and O–H groups in total. The molecule has 3 rings (SSSR count). The molecule has 9 nitrogen and oxygen atoms in total. The molecular formula is C25H31N3O6. The van der Waals surface area contributed by atoms with E-state index in [1.54, 1.807) is 39.0 Å². The average molecular weight is 470 g/mol. The van der Waals surface area contributed by atoms with Crippen LogP contribution in [0.15, 0.2) is 48.5 Å². The molecule has 1 aliphatic rings. The molecule has 9 heteroatoms. The van der Waals surface area contributed by atoms with Gasteiger partial charge in [-0.1, -0.05) is 42.0 Å². The van der Waals surface area contributed by atoms with Crippen molar-refractivity contribution in [3.05, 3.63) is 69.8 Å². The summed E-state index contributed by atoms with van der Waals surface area (Å²) in [7, 11) is 0. The van der Waals surface area contributed by atoms with Crippen LogP contribution in [-0.2, 0) is 20.7 Å². The van der Waals surface area contributed by atoms with Crippen LogP contribution in [0.3, 0.4) is 0 Å². The van der Waals surface area contributed by atoms with Crippen LogP contribution in [0.4, 0.5) is 16.2 Å². The number of likely N-dealkylation sites (tertiary alicyclic amines) is 1. The van der Waals surface area contributed by atoms with Gasteiger partial charge in [0.25, 0.3) is 5.69 Å². The van der Waals surface area contributed by atoms with Gasteiger partial charge in [-0.25, -0.2) is 4.79 Å². The molecule has 182 valence electrons. The molecule has 2 aromatic rings. The molecule has 0 saturated carbocycles. The number of carbonyl (C=O) groups excluding carboxylic acids is 2. The Morgan fingerprint density at radius 2 is 1.79 bits per heavy atom. The fraction of sp³-hybridized carbons (Fsp3) is 0.440. The van der Waals surface area contributed by atoms with Gasteiger partial charge in [-0.2, -0.15) is 0 Å². The van der Waals surface area contributed by atoms with E-state index in [2.05, 4.69) is 5.32 Å². The Kier molecular flexibility index (Phi) is 7.75. The van der Waals surface area contributed by atoms with E-state index >= 15 is 0 Å². The predicted octanol–water partition coefficient (Wildman–Crippen LogP) is 4.34. The van der Waals surface area contributed by atoms with Gasteiger partial charge in [0, 0.05) is 19.2 Å². The van der Waals surface area contributed by atoms with Gasteiger partial charge in [0.2, 0.25) is 0 Å². The van der Waals surface area contributed by atoms with Gasteiger partial charge in [-0.3, -0.25) is 14.9 Å². The summed E-state index contributed by atoms with van der Waals surface area (Å²) in [5, 5.41) is 14.6. The number of nitrogens with one attached hydrogen (secondary N) is 1. The summed E-state index contributed by atoms with van der Waals surface area (Å²) in [6.45, 7) is 7.87. The third kappa shape index (κ3) is 6.94. The van der Waals surface area contributed by atoms with Crippen molar-refractivity contribution in [1.29, 1.82) is 0 Å². The van der Waals surface area contributed by atoms with Gasteiger partial charge >= 0.3 is 12.1 Å². The number of hydrogen-bond acceptors (Lipinski definition) is 7. The lowest BCUT2D eigenvalue weighted by Gasteiger charge is -2.38. The van der Waals surface area contributed by atoms with Gasteiger partial charge in [0.05, 0.1) is 16.9 Å². The summed E-state index contributed by atoms with van der Waals surface area (Å²) < 4.78 is 10.9. The lowest BCUT2D eigenvalue weighted by molar-refractivity contribution is -0.384. The molecule has 0 radical (unpaired) electrons. The minimum absolute atomic E-state index is 0.0295. The standard InChI is InChI=1S/C25H31N3O6/c1-17-9-11-18(12-10-17)13-20(26-21-7-5-6-8-22(21)28(31)32)16-33-23(29)19-14-27(15-19)24(30)34-25(2,3)4/h5-12,19-20,26H,13-16H2,1-4H3. The number of benzene rings is 2. The van der Waals surface area contributed by atoms with Crippen molar-refractivity contribution in [2.45, 2.75) is 45.8 Å². The largest absolute Gasteiger partial charge is 0.463 e. The number of amides is 1. The number of ether oxygens (including phenoxy) is 2. The number of nitro groups is 1. The molecule has 1 heterocycles. The molecule has 1 saturated heterocycles. The molecule has 0 aliphatic carbocycles. The lowest BCUT2D eigenvalue weighted by Crippen LogP contribution is -2.54. The van der Waals surface area contributed by atoms with E-state index in [4.69, 9.17) is 9.47 Å². The number of nitrogens with zero attached hydrogens (tertiary/aromatic N) is 2. The molecule has 1 aliphatic heterocycles. The Morgan fingerprint density at radius 3 is 2.41 bits per heavy atom. The fourth-order valence-electron chi connectivity index (χ4n) is 3.54. The number of hydrogen-bond donors (Lipinski definition) is 1. The Bertz CT molecular complexity index is 1030. The molecule has 1 amide bonds. The molecule has 34 heavy (non-hydrogen) atoms. The van der Waals surface area contributed by atoms with E-state index < -0.39 is 28.5 Å². The van der Waals surface area contributed by atoms with E-state index in [0.29, 0.717) is 12.1 Å². The van der Waals surface area contributed by atoms with Gasteiger partial charge in [0.1, 0.15) is 17.9 Å². The zero-order valence-corrected chi connectivity index (χ0v) is 19.9. The first-order valence-corrected chi connectivity index (χ1v) is 11.2. The highest BCUT2D eigenvalue weighted by atomic mass is 16.6. The van der Waals surface area contributed by atoms with Gasteiger partial charge in [0.15, 0.2) is 0 Å². The number of esters is 1. The normalized spacial score (nSPS) is 14.6. The van der Waals surface area contributed by atoms with Crippen LogP contribution in [0.5, 0.6) is 0 Å². The third-order valence-electron chi connectivity index (χ3n) is 5.36. The SMILES string of the molecule is Cc1ccc(CC(COC(=O)C2CN(C(=O)OC(C)(C)C)C2)Nc2ccccc2[N+](=O)[O-])cc1. The molecule has 0 spiro atoms. The minimum atomic E-state index is -0.600. The molecule has 2 aromatic carbocycles. The van der Waals surface area contributed by atoms with Crippen molar-refractivity contribution >= 4 is 23.4 Å². The number of carbonyl (C=O) groups is 2.